The molecule has 2 aromatic carbocycles. The van der Waals surface area contributed by atoms with E-state index in [4.69, 9.17) is 4.74 Å². The lowest BCUT2D eigenvalue weighted by Gasteiger charge is -2.19. The SMILES string of the molecule is CCOc1cc(Br)cc(C=Nc2ccccc2N2CCCC2)c1O. The number of aliphatic imine (C=N–C) groups is 1. The molecule has 3 rings (SSSR count). The van der Waals surface area contributed by atoms with Gasteiger partial charge in [-0.15, -0.1) is 0 Å². The number of anilines is 1. The Kier molecular flexibility index (Phi) is 5.41. The van der Waals surface area contributed by atoms with Crippen LogP contribution < -0.4 is 9.64 Å². The van der Waals surface area contributed by atoms with Crippen LogP contribution in [0.1, 0.15) is 25.3 Å². The molecule has 0 saturated carbocycles. The first-order valence-electron chi connectivity index (χ1n) is 8.22. The highest BCUT2D eigenvalue weighted by Crippen LogP contribution is 2.34. The van der Waals surface area contributed by atoms with Crippen LogP contribution in [0.15, 0.2) is 45.9 Å². The second-order valence-corrected chi connectivity index (χ2v) is 6.63. The van der Waals surface area contributed by atoms with Crippen molar-refractivity contribution in [2.24, 2.45) is 4.99 Å². The summed E-state index contributed by atoms with van der Waals surface area (Å²) in [5, 5.41) is 10.4. The number of para-hydroxylation sites is 2. The van der Waals surface area contributed by atoms with Crippen molar-refractivity contribution in [2.75, 3.05) is 24.6 Å². The number of rotatable bonds is 5. The maximum absolute atomic E-state index is 10.4. The number of halogens is 1. The number of nitrogens with zero attached hydrogens (tertiary/aromatic N) is 2. The number of hydrogen-bond acceptors (Lipinski definition) is 4. The monoisotopic (exact) mass is 388 g/mol. The van der Waals surface area contributed by atoms with Gasteiger partial charge in [0.25, 0.3) is 0 Å². The van der Waals surface area contributed by atoms with E-state index in [-0.39, 0.29) is 5.75 Å². The highest BCUT2D eigenvalue weighted by molar-refractivity contribution is 9.10. The van der Waals surface area contributed by atoms with Crippen molar-refractivity contribution in [1.29, 1.82) is 0 Å². The smallest absolute Gasteiger partial charge is 0.166 e. The van der Waals surface area contributed by atoms with Gasteiger partial charge >= 0.3 is 0 Å². The van der Waals surface area contributed by atoms with Gasteiger partial charge in [0.05, 0.1) is 18.0 Å². The number of benzene rings is 2. The van der Waals surface area contributed by atoms with Crippen molar-refractivity contribution < 1.29 is 9.84 Å². The minimum atomic E-state index is 0.113. The molecule has 0 atom stereocenters. The van der Waals surface area contributed by atoms with E-state index in [1.165, 1.54) is 12.8 Å². The minimum Gasteiger partial charge on any atom is -0.504 e. The molecule has 24 heavy (non-hydrogen) atoms. The summed E-state index contributed by atoms with van der Waals surface area (Å²) >= 11 is 3.45. The van der Waals surface area contributed by atoms with Gasteiger partial charge in [0, 0.05) is 29.3 Å². The number of ether oxygens (including phenoxy) is 1. The molecular formula is C19H21BrN2O2. The molecule has 126 valence electrons. The van der Waals surface area contributed by atoms with E-state index in [1.54, 1.807) is 12.3 Å². The Morgan fingerprint density at radius 3 is 2.75 bits per heavy atom. The summed E-state index contributed by atoms with van der Waals surface area (Å²) < 4.78 is 6.31. The number of phenols is 1. The third-order valence-electron chi connectivity index (χ3n) is 4.04. The van der Waals surface area contributed by atoms with E-state index < -0.39 is 0 Å². The Balaban J connectivity index is 1.92. The summed E-state index contributed by atoms with van der Waals surface area (Å²) in [5.41, 5.74) is 2.69. The Hall–Kier alpha value is -2.01. The van der Waals surface area contributed by atoms with Crippen molar-refractivity contribution in [3.8, 4) is 11.5 Å². The first-order valence-corrected chi connectivity index (χ1v) is 9.01. The first kappa shape index (κ1) is 16.8. The predicted molar refractivity (Wildman–Crippen MR) is 102 cm³/mol. The van der Waals surface area contributed by atoms with E-state index in [1.807, 2.05) is 31.2 Å². The summed E-state index contributed by atoms with van der Waals surface area (Å²) in [6.07, 6.45) is 4.14. The number of hydrogen-bond donors (Lipinski definition) is 1. The molecule has 1 saturated heterocycles. The Morgan fingerprint density at radius 1 is 1.25 bits per heavy atom. The van der Waals surface area contributed by atoms with Crippen molar-refractivity contribution in [2.45, 2.75) is 19.8 Å². The van der Waals surface area contributed by atoms with E-state index in [0.29, 0.717) is 17.9 Å². The topological polar surface area (TPSA) is 45.1 Å². The maximum atomic E-state index is 10.4. The fourth-order valence-corrected chi connectivity index (χ4v) is 3.35. The summed E-state index contributed by atoms with van der Waals surface area (Å²) in [7, 11) is 0. The molecule has 0 spiro atoms. The zero-order chi connectivity index (χ0) is 16.9. The summed E-state index contributed by atoms with van der Waals surface area (Å²) in [6.45, 7) is 4.53. The van der Waals surface area contributed by atoms with Crippen LogP contribution in [0.2, 0.25) is 0 Å². The van der Waals surface area contributed by atoms with Crippen LogP contribution in [0.25, 0.3) is 0 Å². The fourth-order valence-electron chi connectivity index (χ4n) is 2.90. The Labute approximate surface area is 150 Å². The maximum Gasteiger partial charge on any atom is 0.166 e. The summed E-state index contributed by atoms with van der Waals surface area (Å²) in [6, 6.07) is 11.7. The van der Waals surface area contributed by atoms with Crippen LogP contribution in [-0.4, -0.2) is 31.0 Å². The van der Waals surface area contributed by atoms with Gasteiger partial charge < -0.3 is 14.7 Å². The zero-order valence-corrected chi connectivity index (χ0v) is 15.3. The highest BCUT2D eigenvalue weighted by atomic mass is 79.9. The van der Waals surface area contributed by atoms with Gasteiger partial charge in [-0.25, -0.2) is 0 Å². The molecule has 1 aliphatic rings. The quantitative estimate of drug-likeness (QED) is 0.740. The van der Waals surface area contributed by atoms with Gasteiger partial charge in [-0.3, -0.25) is 4.99 Å². The molecule has 1 heterocycles. The lowest BCUT2D eigenvalue weighted by Crippen LogP contribution is -2.17. The van der Waals surface area contributed by atoms with Crippen molar-refractivity contribution in [1.82, 2.24) is 0 Å². The Morgan fingerprint density at radius 2 is 2.00 bits per heavy atom. The molecule has 0 bridgehead atoms. The largest absolute Gasteiger partial charge is 0.504 e. The second-order valence-electron chi connectivity index (χ2n) is 5.72. The molecular weight excluding hydrogens is 368 g/mol. The van der Waals surface area contributed by atoms with Crippen LogP contribution in [0, 0.1) is 0 Å². The molecule has 0 unspecified atom stereocenters. The average molecular weight is 389 g/mol. The summed E-state index contributed by atoms with van der Waals surface area (Å²) in [5.74, 6) is 0.573. The molecule has 5 heteroatoms. The average Bonchev–Trinajstić information content (AvgIpc) is 3.11. The van der Waals surface area contributed by atoms with Crippen molar-refractivity contribution >= 4 is 33.5 Å². The molecule has 0 amide bonds. The van der Waals surface area contributed by atoms with Crippen LogP contribution in [0.5, 0.6) is 11.5 Å². The third kappa shape index (κ3) is 3.73. The lowest BCUT2D eigenvalue weighted by atomic mass is 10.2. The highest BCUT2D eigenvalue weighted by Gasteiger charge is 2.15. The van der Waals surface area contributed by atoms with E-state index in [0.717, 1.165) is 28.9 Å². The zero-order valence-electron chi connectivity index (χ0n) is 13.7. The Bertz CT molecular complexity index is 740. The standard InChI is InChI=1S/C19H21BrN2O2/c1-2-24-18-12-15(20)11-14(19(18)23)13-21-16-7-3-4-8-17(16)22-9-5-6-10-22/h3-4,7-8,11-13,23H,2,5-6,9-10H2,1H3. The predicted octanol–water partition coefficient (Wildman–Crippen LogP) is 4.90. The van der Waals surface area contributed by atoms with Gasteiger partial charge in [0.15, 0.2) is 11.5 Å². The molecule has 1 aliphatic heterocycles. The molecule has 0 aromatic heterocycles. The minimum absolute atomic E-state index is 0.113. The molecule has 4 nitrogen and oxygen atoms in total. The fraction of sp³-hybridized carbons (Fsp3) is 0.316. The molecule has 0 radical (unpaired) electrons. The van der Waals surface area contributed by atoms with Crippen LogP contribution in [0.4, 0.5) is 11.4 Å². The van der Waals surface area contributed by atoms with E-state index in [2.05, 4.69) is 31.9 Å². The van der Waals surface area contributed by atoms with Crippen LogP contribution in [0.3, 0.4) is 0 Å². The van der Waals surface area contributed by atoms with Crippen LogP contribution >= 0.6 is 15.9 Å². The third-order valence-corrected chi connectivity index (χ3v) is 4.50. The van der Waals surface area contributed by atoms with Crippen molar-refractivity contribution in [3.63, 3.8) is 0 Å². The normalized spacial score (nSPS) is 14.5. The van der Waals surface area contributed by atoms with E-state index >= 15 is 0 Å². The van der Waals surface area contributed by atoms with Gasteiger partial charge in [-0.2, -0.15) is 0 Å². The van der Waals surface area contributed by atoms with E-state index in [9.17, 15) is 5.11 Å². The number of phenolic OH excluding ortho intramolecular Hbond substituents is 1. The van der Waals surface area contributed by atoms with Crippen molar-refractivity contribution in [3.05, 3.63) is 46.4 Å². The second kappa shape index (κ2) is 7.71. The molecule has 1 N–H and O–H groups in total. The summed E-state index contributed by atoms with van der Waals surface area (Å²) in [4.78, 5) is 6.98. The molecule has 1 fully saturated rings. The molecule has 0 aliphatic carbocycles. The molecule has 2 aromatic rings. The number of aromatic hydroxyl groups is 1. The lowest BCUT2D eigenvalue weighted by molar-refractivity contribution is 0.317. The van der Waals surface area contributed by atoms with Gasteiger partial charge in [0.1, 0.15) is 0 Å². The van der Waals surface area contributed by atoms with Crippen LogP contribution in [-0.2, 0) is 0 Å². The first-order chi connectivity index (χ1) is 11.7. The van der Waals surface area contributed by atoms with Gasteiger partial charge in [0.2, 0.25) is 0 Å². The van der Waals surface area contributed by atoms with Gasteiger partial charge in [-0.05, 0) is 44.0 Å². The van der Waals surface area contributed by atoms with Gasteiger partial charge in [-0.1, -0.05) is 28.1 Å².